The summed E-state index contributed by atoms with van der Waals surface area (Å²) in [6.45, 7) is 0.625. The van der Waals surface area contributed by atoms with Gasteiger partial charge in [0.2, 0.25) is 6.41 Å². The number of nitrogens with zero attached hydrogens (tertiary/aromatic N) is 2. The molecule has 0 aromatic carbocycles. The molecule has 2 aromatic rings. The quantitative estimate of drug-likeness (QED) is 0.616. The first-order valence-corrected chi connectivity index (χ1v) is 5.41. The van der Waals surface area contributed by atoms with E-state index in [9.17, 15) is 4.79 Å². The smallest absolute Gasteiger partial charge is 0.207 e. The van der Waals surface area contributed by atoms with E-state index in [1.165, 1.54) is 0 Å². The Morgan fingerprint density at radius 3 is 3.12 bits per heavy atom. The van der Waals surface area contributed by atoms with Crippen LogP contribution in [0.25, 0.3) is 11.0 Å². The summed E-state index contributed by atoms with van der Waals surface area (Å²) >= 11 is 0. The highest BCUT2D eigenvalue weighted by Crippen LogP contribution is 2.23. The first-order chi connectivity index (χ1) is 8.26. The molecule has 2 aromatic heterocycles. The molecule has 5 nitrogen and oxygen atoms in total. The molecule has 0 saturated heterocycles. The molecule has 1 N–H and O–H groups in total. The Hall–Kier alpha value is -2.04. The first-order valence-electron chi connectivity index (χ1n) is 5.41. The zero-order chi connectivity index (χ0) is 12.3. The lowest BCUT2D eigenvalue weighted by Gasteiger charge is -2.01. The van der Waals surface area contributed by atoms with Crippen molar-refractivity contribution >= 4 is 17.4 Å². The minimum Gasteiger partial charge on any atom is -0.495 e. The van der Waals surface area contributed by atoms with E-state index < -0.39 is 0 Å². The highest BCUT2D eigenvalue weighted by atomic mass is 16.5. The van der Waals surface area contributed by atoms with Gasteiger partial charge in [-0.25, -0.2) is 4.98 Å². The molecular formula is C12H15N3O2. The van der Waals surface area contributed by atoms with Crippen molar-refractivity contribution in [3.8, 4) is 5.75 Å². The number of carbonyl (C=O) groups excluding carboxylic acids is 1. The molecule has 0 bridgehead atoms. The molecule has 2 heterocycles. The fourth-order valence-electron chi connectivity index (χ4n) is 1.90. The molecule has 0 aliphatic heterocycles. The van der Waals surface area contributed by atoms with Gasteiger partial charge in [-0.3, -0.25) is 4.79 Å². The van der Waals surface area contributed by atoms with E-state index in [1.54, 1.807) is 13.3 Å². The van der Waals surface area contributed by atoms with Crippen molar-refractivity contribution < 1.29 is 9.53 Å². The van der Waals surface area contributed by atoms with Gasteiger partial charge >= 0.3 is 0 Å². The first kappa shape index (κ1) is 11.4. The second-order valence-corrected chi connectivity index (χ2v) is 3.83. The van der Waals surface area contributed by atoms with Crippen LogP contribution in [0.4, 0.5) is 0 Å². The molecule has 0 aliphatic rings. The van der Waals surface area contributed by atoms with Crippen molar-refractivity contribution in [2.24, 2.45) is 7.05 Å². The number of hydrogen-bond acceptors (Lipinski definition) is 3. The van der Waals surface area contributed by atoms with Crippen molar-refractivity contribution in [3.05, 3.63) is 24.0 Å². The Kier molecular flexibility index (Phi) is 3.27. The number of ether oxygens (including phenoxy) is 1. The van der Waals surface area contributed by atoms with Gasteiger partial charge in [0.05, 0.1) is 13.3 Å². The van der Waals surface area contributed by atoms with E-state index in [-0.39, 0.29) is 0 Å². The summed E-state index contributed by atoms with van der Waals surface area (Å²) in [5.41, 5.74) is 2.08. The van der Waals surface area contributed by atoms with E-state index in [0.29, 0.717) is 13.0 Å². The van der Waals surface area contributed by atoms with Crippen LogP contribution in [0.5, 0.6) is 5.75 Å². The molecule has 0 spiro atoms. The maximum atomic E-state index is 10.2. The highest BCUT2D eigenvalue weighted by Gasteiger charge is 2.08. The van der Waals surface area contributed by atoms with E-state index in [1.807, 2.05) is 23.9 Å². The molecule has 0 radical (unpaired) electrons. The van der Waals surface area contributed by atoms with Crippen LogP contribution in [-0.2, 0) is 18.3 Å². The molecule has 0 atom stereocenters. The van der Waals surface area contributed by atoms with Crippen molar-refractivity contribution in [1.82, 2.24) is 14.9 Å². The second-order valence-electron chi connectivity index (χ2n) is 3.83. The zero-order valence-electron chi connectivity index (χ0n) is 9.93. The Balaban J connectivity index is 2.37. The molecule has 1 amide bonds. The summed E-state index contributed by atoms with van der Waals surface area (Å²) in [6, 6.07) is 1.97. The number of pyridine rings is 1. The second kappa shape index (κ2) is 4.86. The number of fused-ring (bicyclic) bond motifs is 1. The molecule has 0 saturated carbocycles. The highest BCUT2D eigenvalue weighted by molar-refractivity contribution is 5.81. The third-order valence-corrected chi connectivity index (χ3v) is 2.73. The average molecular weight is 233 g/mol. The summed E-state index contributed by atoms with van der Waals surface area (Å²) in [7, 11) is 3.58. The van der Waals surface area contributed by atoms with E-state index in [4.69, 9.17) is 4.74 Å². The van der Waals surface area contributed by atoms with Crippen LogP contribution >= 0.6 is 0 Å². The molecule has 5 heteroatoms. The standard InChI is InChI=1S/C12H15N3O2/c1-15-7-9(3-4-13-8-16)11-5-10(17-2)6-14-12(11)15/h5-8H,3-4H2,1-2H3,(H,13,16). The maximum Gasteiger partial charge on any atom is 0.207 e. The fourth-order valence-corrected chi connectivity index (χ4v) is 1.90. The van der Waals surface area contributed by atoms with Gasteiger partial charge in [0.25, 0.3) is 0 Å². The molecule has 90 valence electrons. The Bertz CT molecular complexity index is 534. The van der Waals surface area contributed by atoms with Gasteiger partial charge in [-0.05, 0) is 18.1 Å². The van der Waals surface area contributed by atoms with Crippen LogP contribution in [0.2, 0.25) is 0 Å². The fraction of sp³-hybridized carbons (Fsp3) is 0.333. The minimum absolute atomic E-state index is 0.625. The summed E-state index contributed by atoms with van der Waals surface area (Å²) < 4.78 is 7.15. The number of hydrogen-bond donors (Lipinski definition) is 1. The third kappa shape index (κ3) is 2.22. The SMILES string of the molecule is COc1cnc2c(c1)c(CCNC=O)cn2C. The maximum absolute atomic E-state index is 10.2. The van der Waals surface area contributed by atoms with Gasteiger partial charge in [-0.15, -0.1) is 0 Å². The number of carbonyl (C=O) groups is 1. The normalized spacial score (nSPS) is 10.5. The zero-order valence-corrected chi connectivity index (χ0v) is 9.93. The number of methoxy groups -OCH3 is 1. The predicted octanol–water partition coefficient (Wildman–Crippen LogP) is 0.870. The van der Waals surface area contributed by atoms with Gasteiger partial charge in [0.1, 0.15) is 11.4 Å². The number of aryl methyl sites for hydroxylation is 1. The lowest BCUT2D eigenvalue weighted by atomic mass is 10.1. The summed E-state index contributed by atoms with van der Waals surface area (Å²) in [5.74, 6) is 0.744. The van der Waals surface area contributed by atoms with Crippen LogP contribution < -0.4 is 10.1 Å². The number of aromatic nitrogens is 2. The van der Waals surface area contributed by atoms with Crippen LogP contribution in [0.3, 0.4) is 0 Å². The van der Waals surface area contributed by atoms with Gasteiger partial charge in [0.15, 0.2) is 0 Å². The molecule has 0 fully saturated rings. The van der Waals surface area contributed by atoms with Crippen LogP contribution in [0, 0.1) is 0 Å². The van der Waals surface area contributed by atoms with Crippen LogP contribution in [-0.4, -0.2) is 29.6 Å². The van der Waals surface area contributed by atoms with Gasteiger partial charge in [-0.2, -0.15) is 0 Å². The summed E-state index contributed by atoms with van der Waals surface area (Å²) in [5, 5.41) is 3.73. The predicted molar refractivity (Wildman–Crippen MR) is 65.0 cm³/mol. The van der Waals surface area contributed by atoms with E-state index in [0.717, 1.165) is 28.8 Å². The number of amides is 1. The molecular weight excluding hydrogens is 218 g/mol. The monoisotopic (exact) mass is 233 g/mol. The lowest BCUT2D eigenvalue weighted by molar-refractivity contribution is -0.109. The Morgan fingerprint density at radius 1 is 1.59 bits per heavy atom. The van der Waals surface area contributed by atoms with Gasteiger partial charge < -0.3 is 14.6 Å². The van der Waals surface area contributed by atoms with Crippen molar-refractivity contribution in [2.45, 2.75) is 6.42 Å². The Morgan fingerprint density at radius 2 is 2.41 bits per heavy atom. The number of nitrogens with one attached hydrogen (secondary N) is 1. The van der Waals surface area contributed by atoms with Gasteiger partial charge in [-0.1, -0.05) is 0 Å². The third-order valence-electron chi connectivity index (χ3n) is 2.73. The minimum atomic E-state index is 0.625. The lowest BCUT2D eigenvalue weighted by Crippen LogP contribution is -2.14. The summed E-state index contributed by atoms with van der Waals surface area (Å²) in [6.07, 6.45) is 5.23. The topological polar surface area (TPSA) is 56.1 Å². The van der Waals surface area contributed by atoms with Crippen LogP contribution in [0.15, 0.2) is 18.5 Å². The molecule has 17 heavy (non-hydrogen) atoms. The summed E-state index contributed by atoms with van der Waals surface area (Å²) in [4.78, 5) is 14.6. The number of rotatable bonds is 5. The van der Waals surface area contributed by atoms with Crippen molar-refractivity contribution in [1.29, 1.82) is 0 Å². The average Bonchev–Trinajstić information content (AvgIpc) is 2.66. The Labute approximate surface area is 99.4 Å². The molecule has 0 unspecified atom stereocenters. The van der Waals surface area contributed by atoms with Crippen molar-refractivity contribution in [2.75, 3.05) is 13.7 Å². The van der Waals surface area contributed by atoms with Gasteiger partial charge in [0, 0.05) is 25.2 Å². The molecule has 2 rings (SSSR count). The molecule has 0 aliphatic carbocycles. The van der Waals surface area contributed by atoms with E-state index >= 15 is 0 Å². The largest absolute Gasteiger partial charge is 0.495 e. The van der Waals surface area contributed by atoms with Crippen LogP contribution in [0.1, 0.15) is 5.56 Å². The van der Waals surface area contributed by atoms with Crippen molar-refractivity contribution in [3.63, 3.8) is 0 Å². The van der Waals surface area contributed by atoms with E-state index in [2.05, 4.69) is 10.3 Å².